The van der Waals surface area contributed by atoms with Crippen molar-refractivity contribution in [3.63, 3.8) is 0 Å². The first-order chi connectivity index (χ1) is 12.7. The van der Waals surface area contributed by atoms with Crippen molar-refractivity contribution >= 4 is 47.0 Å². The van der Waals surface area contributed by atoms with E-state index in [2.05, 4.69) is 19.1 Å². The zero-order valence-corrected chi connectivity index (χ0v) is 14.1. The molecule has 4 amide bonds. The van der Waals surface area contributed by atoms with E-state index >= 15 is 0 Å². The lowest BCUT2D eigenvalue weighted by atomic mass is 10.4. The van der Waals surface area contributed by atoms with E-state index in [9.17, 15) is 37.5 Å². The molecule has 2 heterocycles. The highest BCUT2D eigenvalue weighted by molar-refractivity contribution is 7.79. The molecule has 1 unspecified atom stereocenters. The maximum Gasteiger partial charge on any atom is 0.537 e. The molecule has 0 radical (unpaired) electrons. The molecule has 0 aromatic carbocycles. The highest BCUT2D eigenvalue weighted by atomic mass is 32.2. The number of rotatable bonds is 6. The van der Waals surface area contributed by atoms with Crippen LogP contribution in [-0.2, 0) is 49.4 Å². The van der Waals surface area contributed by atoms with Gasteiger partial charge < -0.3 is 14.0 Å². The molecule has 2 fully saturated rings. The Kier molecular flexibility index (Phi) is 6.40. The molecule has 1 atom stereocenters. The van der Waals surface area contributed by atoms with Crippen LogP contribution in [0.3, 0.4) is 0 Å². The van der Waals surface area contributed by atoms with Gasteiger partial charge in [0.05, 0.1) is 5.75 Å². The molecule has 14 nitrogen and oxygen atoms in total. The fraction of sp³-hybridized carbons (Fsp3) is 0.500. The standard InChI is InChI=1S/C12H12N2O12S/c15-6-1-2-7(16)13(6)25-11(19)23-10(5-27(21)22)24-12(20)26-14-8(17)3-4-9(14)18/h10H,1-5H2,(H,21,22)/p-1. The number of imide groups is 2. The van der Waals surface area contributed by atoms with Gasteiger partial charge in [-0.25, -0.2) is 9.59 Å². The van der Waals surface area contributed by atoms with Gasteiger partial charge >= 0.3 is 12.3 Å². The fourth-order valence-electron chi connectivity index (χ4n) is 1.93. The molecule has 2 aliphatic rings. The van der Waals surface area contributed by atoms with Crippen molar-refractivity contribution in [2.75, 3.05) is 5.75 Å². The third-order valence-corrected chi connectivity index (χ3v) is 3.62. The summed E-state index contributed by atoms with van der Waals surface area (Å²) in [5.74, 6) is -4.37. The van der Waals surface area contributed by atoms with Crippen LogP contribution in [0.25, 0.3) is 0 Å². The summed E-state index contributed by atoms with van der Waals surface area (Å²) in [6.45, 7) is 0. The third-order valence-electron chi connectivity index (χ3n) is 3.07. The van der Waals surface area contributed by atoms with Gasteiger partial charge in [-0.3, -0.25) is 33.1 Å². The molecule has 2 aliphatic heterocycles. The fourth-order valence-corrected chi connectivity index (χ4v) is 2.28. The van der Waals surface area contributed by atoms with Gasteiger partial charge in [-0.05, 0) is 11.1 Å². The smallest absolute Gasteiger partial charge is 0.537 e. The van der Waals surface area contributed by atoms with Gasteiger partial charge in [0.2, 0.25) is 0 Å². The SMILES string of the molecule is O=C(OC(CS(=O)[O-])OC(=O)ON1C(=O)CCC1=O)ON1C(=O)CCC1=O. The van der Waals surface area contributed by atoms with Crippen LogP contribution in [0.15, 0.2) is 0 Å². The van der Waals surface area contributed by atoms with Crippen molar-refractivity contribution in [3.05, 3.63) is 0 Å². The molecular formula is C12H11N2O12S-. The predicted octanol–water partition coefficient (Wildman–Crippen LogP) is -1.37. The Morgan fingerprint density at radius 2 is 1.19 bits per heavy atom. The molecule has 0 N–H and O–H groups in total. The van der Waals surface area contributed by atoms with E-state index in [0.717, 1.165) is 0 Å². The minimum absolute atomic E-state index is 0.118. The van der Waals surface area contributed by atoms with E-state index in [0.29, 0.717) is 0 Å². The second-order valence-electron chi connectivity index (χ2n) is 4.98. The number of hydroxylamine groups is 4. The Labute approximate surface area is 152 Å². The Morgan fingerprint density at radius 3 is 1.48 bits per heavy atom. The van der Waals surface area contributed by atoms with E-state index in [1.165, 1.54) is 0 Å². The number of nitrogens with zero attached hydrogens (tertiary/aromatic N) is 2. The van der Waals surface area contributed by atoms with Crippen LogP contribution in [0, 0.1) is 0 Å². The molecule has 2 saturated heterocycles. The first-order valence-corrected chi connectivity index (χ1v) is 8.46. The van der Waals surface area contributed by atoms with E-state index in [1.807, 2.05) is 0 Å². The molecule has 27 heavy (non-hydrogen) atoms. The van der Waals surface area contributed by atoms with Crippen molar-refractivity contribution < 1.29 is 56.7 Å². The van der Waals surface area contributed by atoms with Gasteiger partial charge in [-0.2, -0.15) is 0 Å². The number of hydrogen-bond donors (Lipinski definition) is 0. The Hall–Kier alpha value is -3.07. The summed E-state index contributed by atoms with van der Waals surface area (Å²) in [7, 11) is 0. The Bertz CT molecular complexity index is 637. The summed E-state index contributed by atoms with van der Waals surface area (Å²) in [6.07, 6.45) is -6.31. The van der Waals surface area contributed by atoms with E-state index in [-0.39, 0.29) is 35.8 Å². The summed E-state index contributed by atoms with van der Waals surface area (Å²) in [4.78, 5) is 77.0. The zero-order chi connectivity index (χ0) is 20.1. The second kappa shape index (κ2) is 8.54. The molecular weight excluding hydrogens is 396 g/mol. The van der Waals surface area contributed by atoms with Crippen molar-refractivity contribution in [3.8, 4) is 0 Å². The average molecular weight is 407 g/mol. The minimum Gasteiger partial charge on any atom is -0.772 e. The monoisotopic (exact) mass is 407 g/mol. The topological polar surface area (TPSA) is 186 Å². The first kappa shape index (κ1) is 20.2. The number of carbonyl (C=O) groups excluding carboxylic acids is 6. The highest BCUT2D eigenvalue weighted by Crippen LogP contribution is 2.15. The van der Waals surface area contributed by atoms with Crippen LogP contribution < -0.4 is 0 Å². The Balaban J connectivity index is 1.92. The molecule has 2 rings (SSSR count). The van der Waals surface area contributed by atoms with Crippen molar-refractivity contribution in [1.29, 1.82) is 0 Å². The quantitative estimate of drug-likeness (QED) is 0.218. The molecule has 0 saturated carbocycles. The van der Waals surface area contributed by atoms with Crippen molar-refractivity contribution in [2.24, 2.45) is 0 Å². The van der Waals surface area contributed by atoms with Gasteiger partial charge in [0.15, 0.2) is 0 Å². The van der Waals surface area contributed by atoms with E-state index in [4.69, 9.17) is 0 Å². The first-order valence-electron chi connectivity index (χ1n) is 7.22. The van der Waals surface area contributed by atoms with Crippen LogP contribution in [-0.4, -0.2) is 66.9 Å². The van der Waals surface area contributed by atoms with Gasteiger partial charge in [0.1, 0.15) is 0 Å². The lowest BCUT2D eigenvalue weighted by Gasteiger charge is -2.20. The van der Waals surface area contributed by atoms with E-state index < -0.39 is 59.1 Å². The number of carbonyl (C=O) groups is 6. The third kappa shape index (κ3) is 5.45. The number of amides is 4. The molecule has 0 aliphatic carbocycles. The number of ether oxygens (including phenoxy) is 2. The maximum absolute atomic E-state index is 11.6. The van der Waals surface area contributed by atoms with Crippen LogP contribution in [0.4, 0.5) is 9.59 Å². The average Bonchev–Trinajstić information content (AvgIpc) is 3.04. The maximum atomic E-state index is 11.6. The lowest BCUT2D eigenvalue weighted by Crippen LogP contribution is -2.38. The summed E-state index contributed by atoms with van der Waals surface area (Å²) in [5.41, 5.74) is 0. The largest absolute Gasteiger partial charge is 0.772 e. The predicted molar refractivity (Wildman–Crippen MR) is 74.9 cm³/mol. The van der Waals surface area contributed by atoms with Crippen LogP contribution in [0.5, 0.6) is 0 Å². The Morgan fingerprint density at radius 1 is 0.852 bits per heavy atom. The van der Waals surface area contributed by atoms with Crippen LogP contribution in [0.2, 0.25) is 0 Å². The zero-order valence-electron chi connectivity index (χ0n) is 13.3. The van der Waals surface area contributed by atoms with Crippen molar-refractivity contribution in [2.45, 2.75) is 32.0 Å². The molecule has 0 spiro atoms. The lowest BCUT2D eigenvalue weighted by molar-refractivity contribution is -0.192. The van der Waals surface area contributed by atoms with Gasteiger partial charge in [-0.1, -0.05) is 10.1 Å². The van der Waals surface area contributed by atoms with Gasteiger partial charge in [0.25, 0.3) is 29.9 Å². The van der Waals surface area contributed by atoms with Crippen molar-refractivity contribution in [1.82, 2.24) is 10.1 Å². The summed E-state index contributed by atoms with van der Waals surface area (Å²) in [6, 6.07) is 0. The van der Waals surface area contributed by atoms with Crippen LogP contribution >= 0.6 is 0 Å². The molecule has 148 valence electrons. The van der Waals surface area contributed by atoms with Gasteiger partial charge in [0, 0.05) is 25.7 Å². The molecule has 0 aromatic rings. The molecule has 15 heteroatoms. The summed E-state index contributed by atoms with van der Waals surface area (Å²) >= 11 is -2.87. The summed E-state index contributed by atoms with van der Waals surface area (Å²) in [5, 5.41) is 0.237. The second-order valence-corrected chi connectivity index (χ2v) is 5.92. The molecule has 0 bridgehead atoms. The summed E-state index contributed by atoms with van der Waals surface area (Å²) < 4.78 is 30.3. The number of hydrogen-bond acceptors (Lipinski definition) is 12. The van der Waals surface area contributed by atoms with Gasteiger partial charge in [-0.15, -0.1) is 0 Å². The highest BCUT2D eigenvalue weighted by Gasteiger charge is 2.36. The molecule has 0 aromatic heterocycles. The van der Waals surface area contributed by atoms with Crippen LogP contribution in [0.1, 0.15) is 25.7 Å². The normalized spacial score (nSPS) is 18.1. The minimum atomic E-state index is -2.87. The van der Waals surface area contributed by atoms with E-state index in [1.54, 1.807) is 0 Å².